The highest BCUT2D eigenvalue weighted by Crippen LogP contribution is 2.31. The molecule has 1 atom stereocenters. The number of nitrogens with zero attached hydrogens (tertiary/aromatic N) is 1. The maximum atomic E-state index is 12.0. The molecule has 0 bridgehead atoms. The van der Waals surface area contributed by atoms with Gasteiger partial charge in [-0.25, -0.2) is 0 Å². The smallest absolute Gasteiger partial charge is 0.305 e. The molecule has 2 rings (SSSR count). The largest absolute Gasteiger partial charge is 0.508 e. The third kappa shape index (κ3) is 2.28. The van der Waals surface area contributed by atoms with E-state index in [2.05, 4.69) is 0 Å². The van der Waals surface area contributed by atoms with Crippen LogP contribution in [0, 0.1) is 0 Å². The molecule has 0 spiro atoms. The molecule has 6 heteroatoms. The summed E-state index contributed by atoms with van der Waals surface area (Å²) in [7, 11) is 0. The fourth-order valence-corrected chi connectivity index (χ4v) is 2.09. The Hall–Kier alpha value is -2.08. The van der Waals surface area contributed by atoms with Crippen molar-refractivity contribution in [1.82, 2.24) is 0 Å². The average Bonchev–Trinajstić information content (AvgIpc) is 2.69. The third-order valence-corrected chi connectivity index (χ3v) is 2.94. The fraction of sp³-hybridized carbons (Fsp3) is 0.333. The number of phenols is 1. The van der Waals surface area contributed by atoms with Gasteiger partial charge < -0.3 is 20.8 Å². The molecule has 18 heavy (non-hydrogen) atoms. The maximum Gasteiger partial charge on any atom is 0.305 e. The molecule has 1 aromatic carbocycles. The van der Waals surface area contributed by atoms with Crippen LogP contribution in [-0.2, 0) is 16.0 Å². The van der Waals surface area contributed by atoms with Gasteiger partial charge in [0.1, 0.15) is 5.75 Å². The zero-order valence-electron chi connectivity index (χ0n) is 9.67. The molecule has 1 heterocycles. The molecule has 1 unspecified atom stereocenters. The Morgan fingerprint density at radius 2 is 2.17 bits per heavy atom. The van der Waals surface area contributed by atoms with E-state index in [9.17, 15) is 14.7 Å². The number of carboxylic acids is 1. The highest BCUT2D eigenvalue weighted by atomic mass is 16.4. The lowest BCUT2D eigenvalue weighted by atomic mass is 10.1. The summed E-state index contributed by atoms with van der Waals surface area (Å²) in [5.41, 5.74) is 7.12. The van der Waals surface area contributed by atoms with Gasteiger partial charge in [0.15, 0.2) is 0 Å². The molecule has 0 aromatic heterocycles. The number of hydrogen-bond donors (Lipinski definition) is 3. The first-order valence-corrected chi connectivity index (χ1v) is 5.59. The van der Waals surface area contributed by atoms with Crippen LogP contribution in [0.25, 0.3) is 0 Å². The van der Waals surface area contributed by atoms with E-state index in [-0.39, 0.29) is 12.2 Å². The molecular formula is C12H14N2O4. The van der Waals surface area contributed by atoms with Crippen molar-refractivity contribution in [3.8, 4) is 5.75 Å². The van der Waals surface area contributed by atoms with Crippen molar-refractivity contribution in [3.63, 3.8) is 0 Å². The quantitative estimate of drug-likeness (QED) is 0.705. The van der Waals surface area contributed by atoms with E-state index in [1.54, 1.807) is 12.1 Å². The number of aliphatic carboxylic acids is 1. The monoisotopic (exact) mass is 250 g/mol. The second-order valence-electron chi connectivity index (χ2n) is 4.26. The predicted molar refractivity (Wildman–Crippen MR) is 64.4 cm³/mol. The van der Waals surface area contributed by atoms with Gasteiger partial charge in [0.2, 0.25) is 5.91 Å². The minimum absolute atomic E-state index is 0.151. The Balaban J connectivity index is 2.18. The van der Waals surface area contributed by atoms with E-state index in [4.69, 9.17) is 10.8 Å². The predicted octanol–water partition coefficient (Wildman–Crippen LogP) is 0.0833. The van der Waals surface area contributed by atoms with Crippen LogP contribution in [0.15, 0.2) is 18.2 Å². The molecule has 0 saturated carbocycles. The van der Waals surface area contributed by atoms with Crippen molar-refractivity contribution in [2.45, 2.75) is 18.9 Å². The lowest BCUT2D eigenvalue weighted by Gasteiger charge is -2.20. The van der Waals surface area contributed by atoms with Crippen molar-refractivity contribution >= 4 is 17.6 Å². The molecule has 1 aliphatic heterocycles. The van der Waals surface area contributed by atoms with Crippen molar-refractivity contribution in [1.29, 1.82) is 0 Å². The van der Waals surface area contributed by atoms with Gasteiger partial charge >= 0.3 is 5.97 Å². The number of rotatable bonds is 3. The van der Waals surface area contributed by atoms with Gasteiger partial charge in [0.25, 0.3) is 0 Å². The van der Waals surface area contributed by atoms with E-state index in [0.29, 0.717) is 18.7 Å². The number of carbonyl (C=O) groups is 2. The molecule has 0 radical (unpaired) electrons. The van der Waals surface area contributed by atoms with E-state index in [0.717, 1.165) is 5.56 Å². The molecule has 0 fully saturated rings. The number of carbonyl (C=O) groups excluding carboxylic acids is 1. The van der Waals surface area contributed by atoms with Crippen molar-refractivity contribution in [2.75, 3.05) is 11.4 Å². The Morgan fingerprint density at radius 3 is 2.83 bits per heavy atom. The third-order valence-electron chi connectivity index (χ3n) is 2.94. The highest BCUT2D eigenvalue weighted by molar-refractivity contribution is 6.00. The Kier molecular flexibility index (Phi) is 3.20. The molecule has 0 aliphatic carbocycles. The van der Waals surface area contributed by atoms with E-state index < -0.39 is 17.9 Å². The topological polar surface area (TPSA) is 104 Å². The number of hydrogen-bond acceptors (Lipinski definition) is 4. The first-order chi connectivity index (χ1) is 8.49. The number of anilines is 1. The summed E-state index contributed by atoms with van der Waals surface area (Å²) in [6.45, 7) is 0.463. The zero-order valence-corrected chi connectivity index (χ0v) is 9.67. The summed E-state index contributed by atoms with van der Waals surface area (Å²) in [5.74, 6) is -1.35. The summed E-state index contributed by atoms with van der Waals surface area (Å²) in [6, 6.07) is 3.70. The molecule has 1 aromatic rings. The summed E-state index contributed by atoms with van der Waals surface area (Å²) >= 11 is 0. The standard InChI is InChI=1S/C12H14N2O4/c13-9(6-11(16)17)12(18)14-4-3-7-5-8(15)1-2-10(7)14/h1-2,5,9,15H,3-4,6,13H2,(H,16,17). The number of nitrogens with two attached hydrogens (primary N) is 1. The van der Waals surface area contributed by atoms with Crippen LogP contribution in [0.5, 0.6) is 5.75 Å². The minimum Gasteiger partial charge on any atom is -0.508 e. The molecule has 0 saturated heterocycles. The van der Waals surface area contributed by atoms with Gasteiger partial charge in [-0.15, -0.1) is 0 Å². The Bertz CT molecular complexity index is 501. The number of carboxylic acid groups (broad SMARTS) is 1. The number of aromatic hydroxyl groups is 1. The molecule has 1 amide bonds. The minimum atomic E-state index is -1.10. The van der Waals surface area contributed by atoms with Crippen molar-refractivity contribution < 1.29 is 19.8 Å². The number of amides is 1. The van der Waals surface area contributed by atoms with Crippen LogP contribution in [-0.4, -0.2) is 34.7 Å². The SMILES string of the molecule is NC(CC(=O)O)C(=O)N1CCc2cc(O)ccc21. The maximum absolute atomic E-state index is 12.0. The molecule has 4 N–H and O–H groups in total. The van der Waals surface area contributed by atoms with Crippen LogP contribution < -0.4 is 10.6 Å². The van der Waals surface area contributed by atoms with Gasteiger partial charge in [-0.05, 0) is 30.2 Å². The van der Waals surface area contributed by atoms with Gasteiger partial charge in [-0.2, -0.15) is 0 Å². The number of fused-ring (bicyclic) bond motifs is 1. The van der Waals surface area contributed by atoms with Crippen LogP contribution >= 0.6 is 0 Å². The molecule has 96 valence electrons. The van der Waals surface area contributed by atoms with Crippen molar-refractivity contribution in [2.24, 2.45) is 5.73 Å². The first kappa shape index (κ1) is 12.4. The summed E-state index contributed by atoms with van der Waals surface area (Å²) in [6.07, 6.45) is 0.248. The lowest BCUT2D eigenvalue weighted by Crippen LogP contribution is -2.44. The summed E-state index contributed by atoms with van der Waals surface area (Å²) in [4.78, 5) is 24.0. The lowest BCUT2D eigenvalue weighted by molar-refractivity contribution is -0.139. The summed E-state index contributed by atoms with van der Waals surface area (Å²) in [5, 5.41) is 18.0. The van der Waals surface area contributed by atoms with E-state index in [1.807, 2.05) is 0 Å². The molecule has 6 nitrogen and oxygen atoms in total. The Labute approximate surface area is 104 Å². The van der Waals surface area contributed by atoms with E-state index >= 15 is 0 Å². The number of phenolic OH excluding ortho intramolecular Hbond substituents is 1. The highest BCUT2D eigenvalue weighted by Gasteiger charge is 2.29. The van der Waals surface area contributed by atoms with Crippen LogP contribution in [0.3, 0.4) is 0 Å². The van der Waals surface area contributed by atoms with Crippen LogP contribution in [0.4, 0.5) is 5.69 Å². The second-order valence-corrected chi connectivity index (χ2v) is 4.26. The molecular weight excluding hydrogens is 236 g/mol. The Morgan fingerprint density at radius 1 is 1.44 bits per heavy atom. The second kappa shape index (κ2) is 4.66. The number of benzene rings is 1. The van der Waals surface area contributed by atoms with Crippen LogP contribution in [0.1, 0.15) is 12.0 Å². The van der Waals surface area contributed by atoms with E-state index in [1.165, 1.54) is 11.0 Å². The fourth-order valence-electron chi connectivity index (χ4n) is 2.09. The normalized spacial score (nSPS) is 15.3. The molecule has 1 aliphatic rings. The average molecular weight is 250 g/mol. The van der Waals surface area contributed by atoms with Gasteiger partial charge in [0.05, 0.1) is 12.5 Å². The summed E-state index contributed by atoms with van der Waals surface area (Å²) < 4.78 is 0. The van der Waals surface area contributed by atoms with Gasteiger partial charge in [-0.1, -0.05) is 0 Å². The van der Waals surface area contributed by atoms with Gasteiger partial charge in [-0.3, -0.25) is 9.59 Å². The zero-order chi connectivity index (χ0) is 13.3. The van der Waals surface area contributed by atoms with Gasteiger partial charge in [0, 0.05) is 12.2 Å². The first-order valence-electron chi connectivity index (χ1n) is 5.59. The van der Waals surface area contributed by atoms with Crippen LogP contribution in [0.2, 0.25) is 0 Å². The van der Waals surface area contributed by atoms with Crippen molar-refractivity contribution in [3.05, 3.63) is 23.8 Å².